The molecule has 0 saturated carbocycles. The van der Waals surface area contributed by atoms with Crippen LogP contribution in [0.5, 0.6) is 0 Å². The molecule has 0 radical (unpaired) electrons. The highest BCUT2D eigenvalue weighted by atomic mass is 16.5. The van der Waals surface area contributed by atoms with Gasteiger partial charge in [0.2, 0.25) is 0 Å². The monoisotopic (exact) mass is 173 g/mol. The number of hydrogen-bond donors (Lipinski definition) is 2. The molecule has 0 aliphatic carbocycles. The van der Waals surface area contributed by atoms with Gasteiger partial charge in [0.15, 0.2) is 0 Å². The van der Waals surface area contributed by atoms with Crippen LogP contribution in [0, 0.1) is 5.92 Å². The van der Waals surface area contributed by atoms with Crippen molar-refractivity contribution >= 4 is 5.97 Å². The van der Waals surface area contributed by atoms with E-state index in [1.807, 2.05) is 0 Å². The molecule has 1 saturated heterocycles. The van der Waals surface area contributed by atoms with Gasteiger partial charge in [-0.1, -0.05) is 0 Å². The highest BCUT2D eigenvalue weighted by Crippen LogP contribution is 2.17. The smallest absolute Gasteiger partial charge is 0.322 e. The molecule has 0 spiro atoms. The number of hydrogen-bond acceptors (Lipinski definition) is 4. The van der Waals surface area contributed by atoms with Gasteiger partial charge in [-0.25, -0.2) is 0 Å². The molecular weight excluding hydrogens is 158 g/mol. The Morgan fingerprint density at radius 1 is 1.75 bits per heavy atom. The van der Waals surface area contributed by atoms with Crippen molar-refractivity contribution in [2.75, 3.05) is 20.3 Å². The van der Waals surface area contributed by atoms with Crippen molar-refractivity contribution in [1.82, 2.24) is 5.32 Å². The minimum absolute atomic E-state index is 0.161. The Labute approximate surface area is 71.9 Å². The quantitative estimate of drug-likeness (QED) is 0.566. The van der Waals surface area contributed by atoms with Gasteiger partial charge in [-0.15, -0.1) is 0 Å². The summed E-state index contributed by atoms with van der Waals surface area (Å²) >= 11 is 0. The fourth-order valence-corrected chi connectivity index (χ4v) is 1.53. The average Bonchev–Trinajstić information content (AvgIpc) is 2.52. The predicted molar refractivity (Wildman–Crippen MR) is 43.6 cm³/mol. The molecule has 4 heteroatoms. The van der Waals surface area contributed by atoms with Crippen LogP contribution in [0.25, 0.3) is 0 Å². The molecule has 0 aromatic heterocycles. The van der Waals surface area contributed by atoms with Crippen LogP contribution in [0.1, 0.15) is 12.8 Å². The molecular formula is C8H15NO3. The molecule has 1 aliphatic heterocycles. The topological polar surface area (TPSA) is 58.6 Å². The lowest BCUT2D eigenvalue weighted by Crippen LogP contribution is -2.31. The zero-order valence-corrected chi connectivity index (χ0v) is 7.25. The first-order valence-electron chi connectivity index (χ1n) is 4.20. The lowest BCUT2D eigenvalue weighted by Gasteiger charge is -2.06. The number of esters is 1. The van der Waals surface area contributed by atoms with E-state index < -0.39 is 0 Å². The third kappa shape index (κ3) is 2.19. The van der Waals surface area contributed by atoms with E-state index in [-0.39, 0.29) is 18.6 Å². The zero-order valence-electron chi connectivity index (χ0n) is 7.25. The van der Waals surface area contributed by atoms with Crippen molar-refractivity contribution < 1.29 is 14.6 Å². The van der Waals surface area contributed by atoms with E-state index in [2.05, 4.69) is 10.1 Å². The molecule has 0 amide bonds. The minimum atomic E-state index is -0.199. The van der Waals surface area contributed by atoms with E-state index in [0.717, 1.165) is 19.4 Å². The Hall–Kier alpha value is -0.610. The van der Waals surface area contributed by atoms with Crippen molar-refractivity contribution in [1.29, 1.82) is 0 Å². The van der Waals surface area contributed by atoms with Gasteiger partial charge in [0.25, 0.3) is 0 Å². The molecule has 0 aromatic rings. The average molecular weight is 173 g/mol. The first-order chi connectivity index (χ1) is 5.77. The van der Waals surface area contributed by atoms with Crippen LogP contribution in [0.3, 0.4) is 0 Å². The molecule has 4 nitrogen and oxygen atoms in total. The van der Waals surface area contributed by atoms with Crippen molar-refractivity contribution in [2.24, 2.45) is 5.92 Å². The first-order valence-corrected chi connectivity index (χ1v) is 4.20. The van der Waals surface area contributed by atoms with Crippen LogP contribution in [-0.2, 0) is 9.53 Å². The minimum Gasteiger partial charge on any atom is -0.468 e. The molecule has 2 unspecified atom stereocenters. The lowest BCUT2D eigenvalue weighted by atomic mass is 10.0. The Morgan fingerprint density at radius 2 is 2.50 bits per heavy atom. The van der Waals surface area contributed by atoms with Gasteiger partial charge in [0.1, 0.15) is 6.04 Å². The number of aliphatic hydroxyl groups excluding tert-OH is 1. The van der Waals surface area contributed by atoms with Gasteiger partial charge < -0.3 is 15.2 Å². The normalized spacial score (nSPS) is 28.8. The summed E-state index contributed by atoms with van der Waals surface area (Å²) in [4.78, 5) is 11.0. The molecule has 12 heavy (non-hydrogen) atoms. The first kappa shape index (κ1) is 9.48. The van der Waals surface area contributed by atoms with Gasteiger partial charge in [-0.3, -0.25) is 4.79 Å². The Morgan fingerprint density at radius 3 is 3.08 bits per heavy atom. The van der Waals surface area contributed by atoms with Crippen LogP contribution >= 0.6 is 0 Å². The summed E-state index contributed by atoms with van der Waals surface area (Å²) in [7, 11) is 1.39. The predicted octanol–water partition coefficient (Wildman–Crippen LogP) is -0.480. The molecule has 1 aliphatic rings. The van der Waals surface area contributed by atoms with Crippen LogP contribution < -0.4 is 5.32 Å². The summed E-state index contributed by atoms with van der Waals surface area (Å²) in [6, 6.07) is -0.161. The number of methoxy groups -OCH3 is 1. The van der Waals surface area contributed by atoms with Gasteiger partial charge in [-0.2, -0.15) is 0 Å². The van der Waals surface area contributed by atoms with Gasteiger partial charge in [0.05, 0.1) is 7.11 Å². The molecule has 70 valence electrons. The third-order valence-corrected chi connectivity index (χ3v) is 2.25. The van der Waals surface area contributed by atoms with E-state index in [9.17, 15) is 4.79 Å². The fourth-order valence-electron chi connectivity index (χ4n) is 1.53. The number of nitrogens with one attached hydrogen (secondary N) is 1. The third-order valence-electron chi connectivity index (χ3n) is 2.25. The van der Waals surface area contributed by atoms with E-state index in [1.165, 1.54) is 7.11 Å². The van der Waals surface area contributed by atoms with Crippen molar-refractivity contribution in [3.05, 3.63) is 0 Å². The van der Waals surface area contributed by atoms with Gasteiger partial charge >= 0.3 is 5.97 Å². The van der Waals surface area contributed by atoms with E-state index in [1.54, 1.807) is 0 Å². The number of aliphatic hydroxyl groups is 1. The molecule has 2 atom stereocenters. The molecule has 1 fully saturated rings. The number of rotatable bonds is 3. The van der Waals surface area contributed by atoms with Crippen molar-refractivity contribution in [3.8, 4) is 0 Å². The highest BCUT2D eigenvalue weighted by Gasteiger charge is 2.29. The summed E-state index contributed by atoms with van der Waals surface area (Å²) in [5.41, 5.74) is 0. The Kier molecular flexibility index (Phi) is 3.49. The number of carbonyl (C=O) groups excluding carboxylic acids is 1. The molecule has 0 bridgehead atoms. The summed E-state index contributed by atoms with van der Waals surface area (Å²) < 4.78 is 4.60. The lowest BCUT2D eigenvalue weighted by molar-refractivity contribution is -0.142. The zero-order chi connectivity index (χ0) is 8.97. The Bertz CT molecular complexity index is 160. The summed E-state index contributed by atoms with van der Waals surface area (Å²) in [6.45, 7) is 1.00. The van der Waals surface area contributed by atoms with Crippen molar-refractivity contribution in [2.45, 2.75) is 18.9 Å². The van der Waals surface area contributed by atoms with Crippen LogP contribution in [0.2, 0.25) is 0 Å². The second-order valence-corrected chi connectivity index (χ2v) is 3.10. The molecule has 2 N–H and O–H groups in total. The number of carbonyl (C=O) groups is 1. The van der Waals surface area contributed by atoms with E-state index in [0.29, 0.717) is 5.92 Å². The maximum absolute atomic E-state index is 11.0. The second kappa shape index (κ2) is 4.42. The van der Waals surface area contributed by atoms with Crippen molar-refractivity contribution in [3.63, 3.8) is 0 Å². The van der Waals surface area contributed by atoms with Crippen LogP contribution in [0.4, 0.5) is 0 Å². The van der Waals surface area contributed by atoms with E-state index >= 15 is 0 Å². The van der Waals surface area contributed by atoms with Gasteiger partial charge in [0, 0.05) is 6.61 Å². The maximum atomic E-state index is 11.0. The Balaban J connectivity index is 2.30. The fraction of sp³-hybridized carbons (Fsp3) is 0.875. The molecule has 0 aromatic carbocycles. The van der Waals surface area contributed by atoms with Crippen LogP contribution in [0.15, 0.2) is 0 Å². The summed E-state index contributed by atoms with van der Waals surface area (Å²) in [5, 5.41) is 11.7. The summed E-state index contributed by atoms with van der Waals surface area (Å²) in [5.74, 6) is 0.217. The highest BCUT2D eigenvalue weighted by molar-refractivity contribution is 5.75. The van der Waals surface area contributed by atoms with E-state index in [4.69, 9.17) is 5.11 Å². The summed E-state index contributed by atoms with van der Waals surface area (Å²) in [6.07, 6.45) is 1.55. The maximum Gasteiger partial charge on any atom is 0.322 e. The standard InChI is InChI=1S/C8H15NO3/c1-12-8(11)7-4-6(2-3-10)5-9-7/h6-7,9-10H,2-5H2,1H3. The SMILES string of the molecule is COC(=O)C1CC(CCO)CN1. The second-order valence-electron chi connectivity index (χ2n) is 3.10. The molecule has 1 rings (SSSR count). The largest absolute Gasteiger partial charge is 0.468 e. The number of ether oxygens (including phenoxy) is 1. The molecule has 1 heterocycles. The van der Waals surface area contributed by atoms with Crippen LogP contribution in [-0.4, -0.2) is 37.4 Å². The van der Waals surface area contributed by atoms with Gasteiger partial charge in [-0.05, 0) is 25.3 Å².